The van der Waals surface area contributed by atoms with E-state index < -0.39 is 32.7 Å². The largest absolute Gasteiger partial charge is 0.387 e. The molecule has 0 radical (unpaired) electrons. The van der Waals surface area contributed by atoms with Crippen molar-refractivity contribution in [1.82, 2.24) is 19.5 Å². The number of aliphatic hydroxyl groups is 2. The molecule has 10 nitrogen and oxygen atoms in total. The molecule has 0 spiro atoms. The number of aromatic nitrogens is 4. The summed E-state index contributed by atoms with van der Waals surface area (Å²) < 4.78 is 22.3. The van der Waals surface area contributed by atoms with Crippen molar-refractivity contribution < 1.29 is 24.0 Å². The Hall–Kier alpha value is -1.71. The molecule has 4 atom stereocenters. The Labute approximate surface area is 132 Å². The first-order chi connectivity index (χ1) is 10.9. The minimum absolute atomic E-state index is 0.0694. The van der Waals surface area contributed by atoms with Crippen LogP contribution in [0.25, 0.3) is 11.2 Å². The Morgan fingerprint density at radius 2 is 2.30 bits per heavy atom. The SMILES string of the molecule is Cc1nc(N)nc2c1ncn2C1OC(COP=O)C(O)C1(C)O. The molecule has 0 amide bonds. The lowest BCUT2D eigenvalue weighted by molar-refractivity contribution is -0.0946. The van der Waals surface area contributed by atoms with Crippen LogP contribution >= 0.6 is 8.69 Å². The molecule has 4 unspecified atom stereocenters. The van der Waals surface area contributed by atoms with E-state index in [1.165, 1.54) is 17.8 Å². The number of rotatable bonds is 4. The summed E-state index contributed by atoms with van der Waals surface area (Å²) >= 11 is 0. The Balaban J connectivity index is 2.02. The van der Waals surface area contributed by atoms with Crippen molar-refractivity contribution in [2.45, 2.75) is 37.9 Å². The number of aryl methyl sites for hydroxylation is 1. The van der Waals surface area contributed by atoms with Crippen LogP contribution in [-0.2, 0) is 13.8 Å². The summed E-state index contributed by atoms with van der Waals surface area (Å²) in [5.41, 5.74) is 5.53. The minimum Gasteiger partial charge on any atom is -0.387 e. The Morgan fingerprint density at radius 3 is 3.00 bits per heavy atom. The van der Waals surface area contributed by atoms with E-state index in [0.29, 0.717) is 16.9 Å². The van der Waals surface area contributed by atoms with Crippen molar-refractivity contribution in [3.8, 4) is 0 Å². The third-order valence-electron chi connectivity index (χ3n) is 3.91. The van der Waals surface area contributed by atoms with Gasteiger partial charge in [0.05, 0.1) is 18.6 Å². The van der Waals surface area contributed by atoms with Crippen LogP contribution in [0.15, 0.2) is 6.33 Å². The van der Waals surface area contributed by atoms with Crippen molar-refractivity contribution in [3.05, 3.63) is 12.0 Å². The standard InChI is InChI=1S/C12H16N5O5P/c1-5-7-9(16-11(13)15-5)17(4-14-7)10-12(2,19)8(18)6(22-10)3-21-23-20/h4,6,8,10,18-19H,3H2,1-2H3,(H2,13,15,16). The summed E-state index contributed by atoms with van der Waals surface area (Å²) in [7, 11) is -0.530. The topological polar surface area (TPSA) is 146 Å². The van der Waals surface area contributed by atoms with Gasteiger partial charge in [0.15, 0.2) is 11.9 Å². The number of nitrogens with two attached hydrogens (primary N) is 1. The molecule has 3 rings (SSSR count). The van der Waals surface area contributed by atoms with Gasteiger partial charge in [0, 0.05) is 0 Å². The number of hydrogen-bond donors (Lipinski definition) is 3. The van der Waals surface area contributed by atoms with Gasteiger partial charge < -0.3 is 20.7 Å². The van der Waals surface area contributed by atoms with Crippen molar-refractivity contribution in [2.24, 2.45) is 0 Å². The zero-order valence-corrected chi connectivity index (χ0v) is 13.3. The van der Waals surface area contributed by atoms with Gasteiger partial charge in [0.2, 0.25) is 5.95 Å². The van der Waals surface area contributed by atoms with Crippen LogP contribution < -0.4 is 5.73 Å². The highest BCUT2D eigenvalue weighted by atomic mass is 31.1. The third kappa shape index (κ3) is 2.58. The fourth-order valence-corrected chi connectivity index (χ4v) is 2.94. The van der Waals surface area contributed by atoms with E-state index in [-0.39, 0.29) is 12.6 Å². The van der Waals surface area contributed by atoms with Crippen LogP contribution in [0, 0.1) is 6.92 Å². The maximum absolute atomic E-state index is 10.6. The van der Waals surface area contributed by atoms with Gasteiger partial charge in [-0.05, 0) is 13.8 Å². The van der Waals surface area contributed by atoms with Crippen molar-refractivity contribution >= 4 is 25.8 Å². The lowest BCUT2D eigenvalue weighted by Crippen LogP contribution is -2.44. The predicted molar refractivity (Wildman–Crippen MR) is 78.6 cm³/mol. The highest BCUT2D eigenvalue weighted by Gasteiger charge is 2.53. The van der Waals surface area contributed by atoms with Gasteiger partial charge in [-0.3, -0.25) is 9.09 Å². The molecule has 23 heavy (non-hydrogen) atoms. The number of fused-ring (bicyclic) bond motifs is 1. The molecule has 1 fully saturated rings. The molecule has 0 aromatic carbocycles. The van der Waals surface area contributed by atoms with E-state index in [1.54, 1.807) is 6.92 Å². The Kier molecular flexibility index (Phi) is 4.03. The van der Waals surface area contributed by atoms with Crippen LogP contribution in [0.1, 0.15) is 18.8 Å². The molecule has 1 aliphatic rings. The summed E-state index contributed by atoms with van der Waals surface area (Å²) in [4.78, 5) is 12.4. The highest BCUT2D eigenvalue weighted by Crippen LogP contribution is 2.39. The van der Waals surface area contributed by atoms with E-state index in [4.69, 9.17) is 15.0 Å². The van der Waals surface area contributed by atoms with Crippen molar-refractivity contribution in [2.75, 3.05) is 12.3 Å². The molecular weight excluding hydrogens is 325 g/mol. The molecule has 2 aromatic rings. The number of ether oxygens (including phenoxy) is 1. The van der Waals surface area contributed by atoms with Gasteiger partial charge in [-0.25, -0.2) is 14.5 Å². The first kappa shape index (κ1) is 16.2. The number of nitrogens with zero attached hydrogens (tertiary/aromatic N) is 4. The van der Waals surface area contributed by atoms with Crippen LogP contribution in [0.2, 0.25) is 0 Å². The molecule has 11 heteroatoms. The van der Waals surface area contributed by atoms with Gasteiger partial charge in [0.1, 0.15) is 23.3 Å². The maximum atomic E-state index is 10.6. The second kappa shape index (κ2) is 5.73. The quantitative estimate of drug-likeness (QED) is 0.651. The zero-order valence-electron chi connectivity index (χ0n) is 12.4. The van der Waals surface area contributed by atoms with E-state index in [2.05, 4.69) is 15.0 Å². The van der Waals surface area contributed by atoms with Gasteiger partial charge in [0.25, 0.3) is 0 Å². The number of hydrogen-bond acceptors (Lipinski definition) is 9. The Bertz CT molecular complexity index is 751. The molecule has 3 heterocycles. The first-order valence-electron chi connectivity index (χ1n) is 6.83. The van der Waals surface area contributed by atoms with Crippen LogP contribution in [0.4, 0.5) is 5.95 Å². The van der Waals surface area contributed by atoms with E-state index >= 15 is 0 Å². The second-order valence-electron chi connectivity index (χ2n) is 5.56. The Morgan fingerprint density at radius 1 is 1.57 bits per heavy atom. The molecule has 0 saturated carbocycles. The molecule has 4 N–H and O–H groups in total. The number of aliphatic hydroxyl groups excluding tert-OH is 1. The predicted octanol–water partition coefficient (Wildman–Crippen LogP) is -0.0505. The third-order valence-corrected chi connectivity index (χ3v) is 4.17. The summed E-state index contributed by atoms with van der Waals surface area (Å²) in [5.74, 6) is 0.0694. The maximum Gasteiger partial charge on any atom is 0.327 e. The molecular formula is C12H16N5O5P. The molecule has 2 aromatic heterocycles. The van der Waals surface area contributed by atoms with E-state index in [1.807, 2.05) is 0 Å². The average molecular weight is 341 g/mol. The van der Waals surface area contributed by atoms with Crippen molar-refractivity contribution in [1.29, 1.82) is 0 Å². The summed E-state index contributed by atoms with van der Waals surface area (Å²) in [6, 6.07) is 0. The minimum atomic E-state index is -1.63. The molecule has 124 valence electrons. The molecule has 1 saturated heterocycles. The monoisotopic (exact) mass is 341 g/mol. The molecule has 0 aliphatic carbocycles. The fraction of sp³-hybridized carbons (Fsp3) is 0.583. The van der Waals surface area contributed by atoms with E-state index in [0.717, 1.165) is 0 Å². The van der Waals surface area contributed by atoms with Crippen LogP contribution in [0.3, 0.4) is 0 Å². The van der Waals surface area contributed by atoms with Gasteiger partial charge >= 0.3 is 8.69 Å². The van der Waals surface area contributed by atoms with Crippen LogP contribution in [-0.4, -0.2) is 54.1 Å². The molecule has 1 aliphatic heterocycles. The number of imidazole rings is 1. The average Bonchev–Trinajstić information content (AvgIpc) is 2.98. The summed E-state index contributed by atoms with van der Waals surface area (Å²) in [5, 5.41) is 20.9. The van der Waals surface area contributed by atoms with Crippen LogP contribution in [0.5, 0.6) is 0 Å². The number of anilines is 1. The summed E-state index contributed by atoms with van der Waals surface area (Å²) in [6.45, 7) is 3.03. The fourth-order valence-electron chi connectivity index (χ4n) is 2.73. The normalized spacial score (nSPS) is 31.2. The zero-order chi connectivity index (χ0) is 16.8. The molecule has 0 bridgehead atoms. The van der Waals surface area contributed by atoms with E-state index in [9.17, 15) is 14.8 Å². The lowest BCUT2D eigenvalue weighted by atomic mass is 9.96. The van der Waals surface area contributed by atoms with Gasteiger partial charge in [-0.1, -0.05) is 0 Å². The van der Waals surface area contributed by atoms with Gasteiger partial charge in [-0.15, -0.1) is 0 Å². The smallest absolute Gasteiger partial charge is 0.327 e. The number of nitrogen functional groups attached to an aromatic ring is 1. The van der Waals surface area contributed by atoms with Gasteiger partial charge in [-0.2, -0.15) is 4.98 Å². The summed E-state index contributed by atoms with van der Waals surface area (Å²) in [6.07, 6.45) is -1.62. The van der Waals surface area contributed by atoms with Crippen molar-refractivity contribution in [3.63, 3.8) is 0 Å². The first-order valence-corrected chi connectivity index (χ1v) is 7.56. The second-order valence-corrected chi connectivity index (χ2v) is 5.97. The highest BCUT2D eigenvalue weighted by molar-refractivity contribution is 7.17. The lowest BCUT2D eigenvalue weighted by Gasteiger charge is -2.27.